The highest BCUT2D eigenvalue weighted by molar-refractivity contribution is 7.91. The Morgan fingerprint density at radius 1 is 1.31 bits per heavy atom. The first kappa shape index (κ1) is 19.1. The van der Waals surface area contributed by atoms with E-state index < -0.39 is 21.4 Å². The summed E-state index contributed by atoms with van der Waals surface area (Å²) in [5.74, 6) is -0.634. The number of nitrogens with zero attached hydrogens (tertiary/aromatic N) is 2. The van der Waals surface area contributed by atoms with Crippen molar-refractivity contribution in [3.05, 3.63) is 0 Å². The van der Waals surface area contributed by atoms with Crippen LogP contribution in [0.3, 0.4) is 0 Å². The van der Waals surface area contributed by atoms with Crippen molar-refractivity contribution >= 4 is 27.7 Å². The second-order valence-electron chi connectivity index (χ2n) is 7.68. The first-order chi connectivity index (χ1) is 12.2. The molecular weight excluding hydrogens is 358 g/mol. The van der Waals surface area contributed by atoms with E-state index in [1.807, 2.05) is 6.92 Å². The molecule has 3 aliphatic rings. The summed E-state index contributed by atoms with van der Waals surface area (Å²) in [5.41, 5.74) is -0.886. The van der Waals surface area contributed by atoms with Crippen molar-refractivity contribution in [2.75, 3.05) is 24.6 Å². The summed E-state index contributed by atoms with van der Waals surface area (Å²) in [5, 5.41) is 2.83. The second-order valence-corrected chi connectivity index (χ2v) is 9.90. The monoisotopic (exact) mass is 385 g/mol. The van der Waals surface area contributed by atoms with Gasteiger partial charge in [-0.15, -0.1) is 0 Å². The van der Waals surface area contributed by atoms with Crippen LogP contribution < -0.4 is 5.32 Å². The lowest BCUT2D eigenvalue weighted by molar-refractivity contribution is -0.141. The summed E-state index contributed by atoms with van der Waals surface area (Å²) in [7, 11) is -3.12. The maximum Gasteiger partial charge on any atom is 0.325 e. The number of rotatable bonds is 4. The Morgan fingerprint density at radius 3 is 2.62 bits per heavy atom. The standard InChI is InChI=1S/C17H27N3O5S/c1-3-19(13-7-9-26(24,25)11-13)14(21)10-20-15(22)17(18-16(20)23)8-5-4-6-12(17)2/h12-13H,3-11H2,1-2H3,(H,18,23)/t12-,13+,17+/m1/s1. The normalized spacial score (nSPS) is 33.5. The van der Waals surface area contributed by atoms with E-state index in [1.165, 1.54) is 4.90 Å². The predicted octanol–water partition coefficient (Wildman–Crippen LogP) is 0.523. The van der Waals surface area contributed by atoms with Crippen molar-refractivity contribution < 1.29 is 22.8 Å². The van der Waals surface area contributed by atoms with E-state index in [1.54, 1.807) is 6.92 Å². The molecule has 2 saturated heterocycles. The first-order valence-electron chi connectivity index (χ1n) is 9.34. The molecule has 1 saturated carbocycles. The van der Waals surface area contributed by atoms with Crippen molar-refractivity contribution in [1.82, 2.24) is 15.1 Å². The van der Waals surface area contributed by atoms with Crippen LogP contribution in [-0.2, 0) is 19.4 Å². The zero-order valence-electron chi connectivity index (χ0n) is 15.4. The van der Waals surface area contributed by atoms with Gasteiger partial charge in [-0.2, -0.15) is 0 Å². The van der Waals surface area contributed by atoms with Gasteiger partial charge in [-0.05, 0) is 32.1 Å². The van der Waals surface area contributed by atoms with Gasteiger partial charge in [0.15, 0.2) is 9.84 Å². The topological polar surface area (TPSA) is 104 Å². The molecule has 1 N–H and O–H groups in total. The predicted molar refractivity (Wildman–Crippen MR) is 95.1 cm³/mol. The number of sulfone groups is 1. The highest BCUT2D eigenvalue weighted by atomic mass is 32.2. The smallest absolute Gasteiger partial charge is 0.325 e. The van der Waals surface area contributed by atoms with Crippen molar-refractivity contribution in [3.8, 4) is 0 Å². The maximum absolute atomic E-state index is 12.9. The van der Waals surface area contributed by atoms with Crippen LogP contribution in [0.5, 0.6) is 0 Å². The van der Waals surface area contributed by atoms with Crippen molar-refractivity contribution in [3.63, 3.8) is 0 Å². The summed E-state index contributed by atoms with van der Waals surface area (Å²) < 4.78 is 23.4. The van der Waals surface area contributed by atoms with Gasteiger partial charge in [0.2, 0.25) is 5.91 Å². The van der Waals surface area contributed by atoms with Gasteiger partial charge in [-0.1, -0.05) is 19.8 Å². The molecule has 26 heavy (non-hydrogen) atoms. The highest BCUT2D eigenvalue weighted by Crippen LogP contribution is 2.38. The first-order valence-corrected chi connectivity index (χ1v) is 11.2. The number of nitrogens with one attached hydrogen (secondary N) is 1. The number of carbonyl (C=O) groups excluding carboxylic acids is 3. The lowest BCUT2D eigenvalue weighted by atomic mass is 9.73. The van der Waals surface area contributed by atoms with Gasteiger partial charge in [-0.25, -0.2) is 13.2 Å². The molecule has 0 bridgehead atoms. The van der Waals surface area contributed by atoms with Crippen molar-refractivity contribution in [2.24, 2.45) is 5.92 Å². The minimum atomic E-state index is -3.12. The number of amides is 4. The molecule has 3 fully saturated rings. The van der Waals surface area contributed by atoms with E-state index in [2.05, 4.69) is 5.32 Å². The molecule has 1 spiro atoms. The summed E-state index contributed by atoms with van der Waals surface area (Å²) in [6, 6.07) is -0.895. The Labute approximate surface area is 154 Å². The third-order valence-corrected chi connectivity index (χ3v) is 7.86. The molecule has 0 aromatic carbocycles. The van der Waals surface area contributed by atoms with Crippen LogP contribution in [0.1, 0.15) is 46.0 Å². The Hall–Kier alpha value is -1.64. The number of imide groups is 1. The average molecular weight is 385 g/mol. The van der Waals surface area contributed by atoms with Gasteiger partial charge >= 0.3 is 6.03 Å². The molecule has 0 aromatic heterocycles. The molecular formula is C17H27N3O5S. The fourth-order valence-corrected chi connectivity index (χ4v) is 6.26. The third-order valence-electron chi connectivity index (χ3n) is 6.11. The van der Waals surface area contributed by atoms with Crippen LogP contribution in [0.25, 0.3) is 0 Å². The molecule has 3 rings (SSSR count). The van der Waals surface area contributed by atoms with E-state index in [9.17, 15) is 22.8 Å². The van der Waals surface area contributed by atoms with Gasteiger partial charge in [0.25, 0.3) is 5.91 Å². The number of hydrogen-bond acceptors (Lipinski definition) is 5. The molecule has 3 atom stereocenters. The van der Waals surface area contributed by atoms with Crippen molar-refractivity contribution in [1.29, 1.82) is 0 Å². The summed E-state index contributed by atoms with van der Waals surface area (Å²) in [6.45, 7) is 3.76. The lowest BCUT2D eigenvalue weighted by Crippen LogP contribution is -2.54. The van der Waals surface area contributed by atoms with Gasteiger partial charge in [0.1, 0.15) is 12.1 Å². The van der Waals surface area contributed by atoms with Gasteiger partial charge in [0, 0.05) is 12.6 Å². The van der Waals surface area contributed by atoms with Gasteiger partial charge < -0.3 is 10.2 Å². The number of carbonyl (C=O) groups is 3. The molecule has 0 unspecified atom stereocenters. The van der Waals surface area contributed by atoms with E-state index >= 15 is 0 Å². The molecule has 0 aromatic rings. The molecule has 2 aliphatic heterocycles. The Kier molecular flexibility index (Phi) is 5.02. The molecule has 1 aliphatic carbocycles. The SMILES string of the molecule is CCN(C(=O)CN1C(=O)N[C@]2(CCCC[C@H]2C)C1=O)[C@H]1CCS(=O)(=O)C1. The zero-order valence-corrected chi connectivity index (χ0v) is 16.2. The van der Waals surface area contributed by atoms with Crippen molar-refractivity contribution in [2.45, 2.75) is 57.5 Å². The molecule has 4 amide bonds. The maximum atomic E-state index is 12.9. The summed E-state index contributed by atoms with van der Waals surface area (Å²) >= 11 is 0. The Balaban J connectivity index is 1.72. The van der Waals surface area contributed by atoms with Crippen LogP contribution >= 0.6 is 0 Å². The molecule has 8 nitrogen and oxygen atoms in total. The summed E-state index contributed by atoms with van der Waals surface area (Å²) in [6.07, 6.45) is 3.78. The van der Waals surface area contributed by atoms with E-state index in [0.29, 0.717) is 19.4 Å². The molecule has 0 radical (unpaired) electrons. The summed E-state index contributed by atoms with van der Waals surface area (Å²) in [4.78, 5) is 40.6. The largest absolute Gasteiger partial charge is 0.337 e. The van der Waals surface area contributed by atoms with E-state index in [-0.39, 0.29) is 41.8 Å². The Bertz CT molecular complexity index is 722. The number of urea groups is 1. The number of likely N-dealkylation sites (N-methyl/N-ethyl adjacent to an activating group) is 1. The van der Waals surface area contributed by atoms with Crippen LogP contribution in [-0.4, -0.2) is 72.2 Å². The molecule has 2 heterocycles. The second kappa shape index (κ2) is 6.83. The van der Waals surface area contributed by atoms with Gasteiger partial charge in [-0.3, -0.25) is 14.5 Å². The quantitative estimate of drug-likeness (QED) is 0.711. The van der Waals surface area contributed by atoms with Crippen LogP contribution in [0.2, 0.25) is 0 Å². The average Bonchev–Trinajstić information content (AvgIpc) is 3.04. The van der Waals surface area contributed by atoms with Crippen LogP contribution in [0.15, 0.2) is 0 Å². The lowest BCUT2D eigenvalue weighted by Gasteiger charge is -2.37. The minimum absolute atomic E-state index is 0.0371. The zero-order chi connectivity index (χ0) is 19.1. The Morgan fingerprint density at radius 2 is 2.04 bits per heavy atom. The number of hydrogen-bond donors (Lipinski definition) is 1. The third kappa shape index (κ3) is 3.21. The molecule has 146 valence electrons. The van der Waals surface area contributed by atoms with Crippen LogP contribution in [0.4, 0.5) is 4.79 Å². The highest BCUT2D eigenvalue weighted by Gasteiger charge is 2.55. The fraction of sp³-hybridized carbons (Fsp3) is 0.824. The minimum Gasteiger partial charge on any atom is -0.337 e. The van der Waals surface area contributed by atoms with Gasteiger partial charge in [0.05, 0.1) is 11.5 Å². The van der Waals surface area contributed by atoms with E-state index in [4.69, 9.17) is 0 Å². The fourth-order valence-electron chi connectivity index (χ4n) is 4.52. The van der Waals surface area contributed by atoms with E-state index in [0.717, 1.165) is 24.2 Å². The molecule has 9 heteroatoms. The van der Waals surface area contributed by atoms with Crippen LogP contribution in [0, 0.1) is 5.92 Å².